The summed E-state index contributed by atoms with van der Waals surface area (Å²) in [6, 6.07) is 0. The van der Waals surface area contributed by atoms with E-state index in [0.29, 0.717) is 0 Å². The monoisotopic (exact) mass is 224 g/mol. The molecule has 0 spiro atoms. The zero-order valence-electron chi connectivity index (χ0n) is 9.87. The minimum Gasteiger partial charge on any atom is -0.356 e. The van der Waals surface area contributed by atoms with Crippen LogP contribution in [0.15, 0.2) is 0 Å². The van der Waals surface area contributed by atoms with Crippen molar-refractivity contribution in [2.45, 2.75) is 32.6 Å². The first-order valence-electron chi connectivity index (χ1n) is 6.30. The van der Waals surface area contributed by atoms with Gasteiger partial charge in [-0.05, 0) is 25.7 Å². The number of carbonyl (C=O) groups is 2. The third-order valence-electron chi connectivity index (χ3n) is 3.41. The number of hydrogen-bond donors (Lipinski definition) is 1. The first-order chi connectivity index (χ1) is 7.74. The van der Waals surface area contributed by atoms with Crippen molar-refractivity contribution in [3.05, 3.63) is 0 Å². The summed E-state index contributed by atoms with van der Waals surface area (Å²) in [7, 11) is 0. The molecule has 2 rings (SSSR count). The summed E-state index contributed by atoms with van der Waals surface area (Å²) in [4.78, 5) is 25.5. The van der Waals surface area contributed by atoms with Crippen molar-refractivity contribution >= 4 is 11.8 Å². The predicted molar refractivity (Wildman–Crippen MR) is 60.7 cm³/mol. The van der Waals surface area contributed by atoms with Gasteiger partial charge in [-0.2, -0.15) is 0 Å². The van der Waals surface area contributed by atoms with Gasteiger partial charge < -0.3 is 10.2 Å². The van der Waals surface area contributed by atoms with E-state index in [1.54, 1.807) is 0 Å². The fraction of sp³-hybridized carbons (Fsp3) is 0.833. The molecule has 0 aromatic carbocycles. The molecule has 0 radical (unpaired) electrons. The maximum Gasteiger partial charge on any atom is 0.226 e. The first kappa shape index (κ1) is 11.4. The molecule has 2 atom stereocenters. The van der Waals surface area contributed by atoms with Crippen molar-refractivity contribution in [1.29, 1.82) is 0 Å². The Hall–Kier alpha value is -1.06. The number of rotatable bonds is 4. The van der Waals surface area contributed by atoms with Gasteiger partial charge in [-0.1, -0.05) is 6.92 Å². The molecule has 2 aliphatic rings. The van der Waals surface area contributed by atoms with Crippen molar-refractivity contribution in [2.75, 3.05) is 19.6 Å². The molecule has 4 heteroatoms. The second-order valence-electron chi connectivity index (χ2n) is 4.77. The number of nitrogens with one attached hydrogen (secondary N) is 1. The number of nitrogens with zero attached hydrogens (tertiary/aromatic N) is 1. The Balaban J connectivity index is 1.77. The lowest BCUT2D eigenvalue weighted by molar-refractivity contribution is -0.133. The molecular weight excluding hydrogens is 204 g/mol. The van der Waals surface area contributed by atoms with Crippen LogP contribution >= 0.6 is 0 Å². The van der Waals surface area contributed by atoms with Crippen LogP contribution in [0.4, 0.5) is 0 Å². The van der Waals surface area contributed by atoms with Crippen molar-refractivity contribution in [1.82, 2.24) is 10.2 Å². The molecule has 90 valence electrons. The zero-order valence-corrected chi connectivity index (χ0v) is 9.87. The summed E-state index contributed by atoms with van der Waals surface area (Å²) in [5, 5.41) is 2.86. The molecule has 1 aliphatic carbocycles. The van der Waals surface area contributed by atoms with Gasteiger partial charge in [0.15, 0.2) is 0 Å². The standard InChI is InChI=1S/C12H20N2O2/c1-2-5-13-11(15)9-8-10(9)12(16)14-6-3-4-7-14/h9-10H,2-8H2,1H3,(H,13,15). The fourth-order valence-electron chi connectivity index (χ4n) is 2.31. The summed E-state index contributed by atoms with van der Waals surface area (Å²) in [6.45, 7) is 4.53. The highest BCUT2D eigenvalue weighted by Crippen LogP contribution is 2.40. The molecule has 2 fully saturated rings. The third-order valence-corrected chi connectivity index (χ3v) is 3.41. The molecule has 4 nitrogen and oxygen atoms in total. The van der Waals surface area contributed by atoms with E-state index < -0.39 is 0 Å². The van der Waals surface area contributed by atoms with Gasteiger partial charge in [0.1, 0.15) is 0 Å². The Kier molecular flexibility index (Phi) is 3.46. The Morgan fingerprint density at radius 2 is 1.94 bits per heavy atom. The van der Waals surface area contributed by atoms with E-state index in [4.69, 9.17) is 0 Å². The van der Waals surface area contributed by atoms with E-state index in [1.165, 1.54) is 0 Å². The highest BCUT2D eigenvalue weighted by atomic mass is 16.2. The van der Waals surface area contributed by atoms with Gasteiger partial charge in [-0.15, -0.1) is 0 Å². The molecule has 1 N–H and O–H groups in total. The van der Waals surface area contributed by atoms with E-state index in [2.05, 4.69) is 5.32 Å². The van der Waals surface area contributed by atoms with E-state index in [0.717, 1.165) is 45.3 Å². The van der Waals surface area contributed by atoms with Crippen LogP contribution in [0.25, 0.3) is 0 Å². The van der Waals surface area contributed by atoms with E-state index in [1.807, 2.05) is 11.8 Å². The maximum atomic E-state index is 11.9. The van der Waals surface area contributed by atoms with E-state index in [-0.39, 0.29) is 23.7 Å². The zero-order chi connectivity index (χ0) is 11.5. The second kappa shape index (κ2) is 4.85. The normalized spacial score (nSPS) is 27.9. The van der Waals surface area contributed by atoms with Crippen molar-refractivity contribution in [3.63, 3.8) is 0 Å². The first-order valence-corrected chi connectivity index (χ1v) is 6.30. The van der Waals surface area contributed by atoms with Gasteiger partial charge in [0.2, 0.25) is 11.8 Å². The molecule has 16 heavy (non-hydrogen) atoms. The summed E-state index contributed by atoms with van der Waals surface area (Å²) in [5.41, 5.74) is 0. The Morgan fingerprint density at radius 3 is 2.56 bits per heavy atom. The molecule has 0 aromatic heterocycles. The third kappa shape index (κ3) is 2.36. The summed E-state index contributed by atoms with van der Waals surface area (Å²) in [6.07, 6.45) is 3.93. The average Bonchev–Trinajstić information content (AvgIpc) is 2.91. The largest absolute Gasteiger partial charge is 0.356 e. The lowest BCUT2D eigenvalue weighted by Gasteiger charge is -2.14. The molecule has 1 saturated heterocycles. The van der Waals surface area contributed by atoms with Crippen LogP contribution in [0.3, 0.4) is 0 Å². The highest BCUT2D eigenvalue weighted by molar-refractivity contribution is 5.92. The Morgan fingerprint density at radius 1 is 1.25 bits per heavy atom. The predicted octanol–water partition coefficient (Wildman–Crippen LogP) is 0.771. The minimum atomic E-state index is -0.0420. The van der Waals surface area contributed by atoms with Gasteiger partial charge in [0.05, 0.1) is 11.8 Å². The van der Waals surface area contributed by atoms with Crippen molar-refractivity contribution < 1.29 is 9.59 Å². The molecule has 2 amide bonds. The summed E-state index contributed by atoms with van der Waals surface area (Å²) >= 11 is 0. The summed E-state index contributed by atoms with van der Waals surface area (Å²) in [5.74, 6) is 0.211. The SMILES string of the molecule is CCCNC(=O)C1CC1C(=O)N1CCCC1. The molecule has 1 aliphatic heterocycles. The van der Waals surface area contributed by atoms with Crippen LogP contribution in [-0.4, -0.2) is 36.3 Å². The molecule has 1 saturated carbocycles. The van der Waals surface area contributed by atoms with Crippen molar-refractivity contribution in [2.24, 2.45) is 11.8 Å². The Labute approximate surface area is 96.4 Å². The lowest BCUT2D eigenvalue weighted by atomic mass is 10.2. The highest BCUT2D eigenvalue weighted by Gasteiger charge is 2.49. The summed E-state index contributed by atoms with van der Waals surface area (Å²) < 4.78 is 0. The molecule has 2 unspecified atom stereocenters. The number of hydrogen-bond acceptors (Lipinski definition) is 2. The van der Waals surface area contributed by atoms with Crippen LogP contribution in [-0.2, 0) is 9.59 Å². The van der Waals surface area contributed by atoms with E-state index in [9.17, 15) is 9.59 Å². The van der Waals surface area contributed by atoms with Crippen molar-refractivity contribution in [3.8, 4) is 0 Å². The van der Waals surface area contributed by atoms with Crippen LogP contribution in [0.5, 0.6) is 0 Å². The minimum absolute atomic E-state index is 0.0186. The molecule has 0 aromatic rings. The smallest absolute Gasteiger partial charge is 0.226 e. The van der Waals surface area contributed by atoms with Gasteiger partial charge in [-0.25, -0.2) is 0 Å². The molecular formula is C12H20N2O2. The molecule has 0 bridgehead atoms. The van der Waals surface area contributed by atoms with Gasteiger partial charge in [0, 0.05) is 19.6 Å². The lowest BCUT2D eigenvalue weighted by Crippen LogP contribution is -2.32. The topological polar surface area (TPSA) is 49.4 Å². The quantitative estimate of drug-likeness (QED) is 0.767. The van der Waals surface area contributed by atoms with Crippen LogP contribution in [0, 0.1) is 11.8 Å². The van der Waals surface area contributed by atoms with Crippen LogP contribution in [0.2, 0.25) is 0 Å². The second-order valence-corrected chi connectivity index (χ2v) is 4.77. The van der Waals surface area contributed by atoms with Gasteiger partial charge >= 0.3 is 0 Å². The Bertz CT molecular complexity index is 285. The van der Waals surface area contributed by atoms with Gasteiger partial charge in [0.25, 0.3) is 0 Å². The molecule has 1 heterocycles. The number of amides is 2. The van der Waals surface area contributed by atoms with Crippen LogP contribution in [0.1, 0.15) is 32.6 Å². The number of likely N-dealkylation sites (tertiary alicyclic amines) is 1. The fourth-order valence-corrected chi connectivity index (χ4v) is 2.31. The maximum absolute atomic E-state index is 11.9. The van der Waals surface area contributed by atoms with E-state index >= 15 is 0 Å². The average molecular weight is 224 g/mol. The van der Waals surface area contributed by atoms with Gasteiger partial charge in [-0.3, -0.25) is 9.59 Å². The van der Waals surface area contributed by atoms with Crippen LogP contribution < -0.4 is 5.32 Å². The number of carbonyl (C=O) groups excluding carboxylic acids is 2.